The van der Waals surface area contributed by atoms with E-state index in [0.717, 1.165) is 75.3 Å². The molecule has 8 heterocycles. The molecule has 0 saturated heterocycles. The Labute approximate surface area is 418 Å². The van der Waals surface area contributed by atoms with Gasteiger partial charge in [-0.3, -0.25) is 0 Å². The number of anilines is 4. The van der Waals surface area contributed by atoms with Gasteiger partial charge >= 0.3 is 5.97 Å². The summed E-state index contributed by atoms with van der Waals surface area (Å²) in [6.07, 6.45) is 13.2. The van der Waals surface area contributed by atoms with Crippen LogP contribution in [0.25, 0.3) is 27.3 Å². The summed E-state index contributed by atoms with van der Waals surface area (Å²) in [5, 5.41) is 29.5. The van der Waals surface area contributed by atoms with Gasteiger partial charge in [0, 0.05) is 78.9 Å². The van der Waals surface area contributed by atoms with E-state index in [4.69, 9.17) is 40.4 Å². The van der Waals surface area contributed by atoms with Gasteiger partial charge in [-0.25, -0.2) is 34.7 Å². The fourth-order valence-electron chi connectivity index (χ4n) is 10.4. The van der Waals surface area contributed by atoms with Crippen LogP contribution in [-0.2, 0) is 20.6 Å². The van der Waals surface area contributed by atoms with Gasteiger partial charge in [0.15, 0.2) is 0 Å². The molecule has 2 aliphatic heterocycles. The van der Waals surface area contributed by atoms with Crippen molar-refractivity contribution in [1.29, 1.82) is 0 Å². The molecule has 4 aliphatic carbocycles. The van der Waals surface area contributed by atoms with Crippen molar-refractivity contribution in [2.45, 2.75) is 152 Å². The summed E-state index contributed by atoms with van der Waals surface area (Å²) in [5.74, 6) is 4.92. The van der Waals surface area contributed by atoms with Gasteiger partial charge in [-0.1, -0.05) is 20.4 Å². The predicted octanol–water partition coefficient (Wildman–Crippen LogP) is 8.66. The van der Waals surface area contributed by atoms with Crippen molar-refractivity contribution in [1.82, 2.24) is 29.9 Å². The number of nitrogens with two attached hydrogens (primary N) is 2. The van der Waals surface area contributed by atoms with Gasteiger partial charge in [0.05, 0.1) is 39.9 Å². The number of carbonyl (C=O) groups is 1. The van der Waals surface area contributed by atoms with Crippen LogP contribution in [0.3, 0.4) is 0 Å². The first-order valence-electron chi connectivity index (χ1n) is 25.4. The number of aromatic nitrogens is 6. The Bertz CT molecular complexity index is 2900. The molecular formula is C55H64N10O7. The van der Waals surface area contributed by atoms with E-state index in [1.807, 2.05) is 57.4 Å². The van der Waals surface area contributed by atoms with Gasteiger partial charge in [-0.05, 0) is 124 Å². The molecule has 6 aromatic rings. The topological polar surface area (TPSA) is 248 Å². The van der Waals surface area contributed by atoms with Crippen LogP contribution in [0, 0.1) is 11.8 Å². The van der Waals surface area contributed by atoms with Crippen molar-refractivity contribution in [3.63, 3.8) is 0 Å². The van der Waals surface area contributed by atoms with Gasteiger partial charge < -0.3 is 51.3 Å². The number of cyclic esters (lactones) is 1. The molecule has 4 saturated carbocycles. The Balaban J connectivity index is 0.000000156. The van der Waals surface area contributed by atoms with E-state index >= 15 is 0 Å². The van der Waals surface area contributed by atoms with Crippen LogP contribution in [0.1, 0.15) is 143 Å². The first-order chi connectivity index (χ1) is 34.4. The predicted molar refractivity (Wildman–Crippen MR) is 273 cm³/mol. The first-order valence-corrected chi connectivity index (χ1v) is 25.4. The van der Waals surface area contributed by atoms with Crippen LogP contribution in [0.5, 0.6) is 11.8 Å². The number of hydrogen-bond donors (Lipinski definition) is 6. The maximum atomic E-state index is 12.3. The fourth-order valence-corrected chi connectivity index (χ4v) is 10.4. The van der Waals surface area contributed by atoms with Gasteiger partial charge in [0.25, 0.3) is 0 Å². The number of hydrogen-bond acceptors (Lipinski definition) is 17. The Morgan fingerprint density at radius 2 is 1.04 bits per heavy atom. The number of nitrogens with one attached hydrogen (secondary N) is 2. The number of ether oxygens (including phenoxy) is 4. The highest BCUT2D eigenvalue weighted by molar-refractivity contribution is 5.94. The Hall–Kier alpha value is -6.53. The summed E-state index contributed by atoms with van der Waals surface area (Å²) in [4.78, 5) is 40.4. The molecule has 0 bridgehead atoms. The Morgan fingerprint density at radius 1 is 0.611 bits per heavy atom. The smallest absolute Gasteiger partial charge is 0.340 e. The lowest BCUT2D eigenvalue weighted by molar-refractivity contribution is -0.0125. The fraction of sp³-hybridized carbons (Fsp3) is 0.473. The lowest BCUT2D eigenvalue weighted by atomic mass is 9.86. The third kappa shape index (κ3) is 9.05. The summed E-state index contributed by atoms with van der Waals surface area (Å²) < 4.78 is 23.5. The number of nitrogens with zero attached hydrogens (tertiary/aromatic N) is 6. The maximum Gasteiger partial charge on any atom is 0.340 e. The van der Waals surface area contributed by atoms with Crippen LogP contribution in [0.15, 0.2) is 67.8 Å². The monoisotopic (exact) mass is 976 g/mol. The van der Waals surface area contributed by atoms with Crippen molar-refractivity contribution in [3.8, 4) is 11.8 Å². The summed E-state index contributed by atoms with van der Waals surface area (Å²) in [6, 6.07) is 11.4. The van der Waals surface area contributed by atoms with Crippen molar-refractivity contribution < 1.29 is 34.0 Å². The SMILES string of the molecule is C=C1O[C@@H](C)[C@H](C)c2nc(Nc3cc4c([C@](C)(N)C5CC5)cnc(OC5CC(O)C5)c4cn3)ccc21.C[C@@H]1OC(=O)c2ccc(Nc3cc4c([C@@](C)(N)C5CC5)cnc(OC5CC(O)C5)c4cn3)nc2[C@H]1C. The minimum atomic E-state index is -0.523. The zero-order chi connectivity index (χ0) is 50.4. The van der Waals surface area contributed by atoms with Crippen molar-refractivity contribution >= 4 is 56.5 Å². The zero-order valence-electron chi connectivity index (χ0n) is 41.7. The number of fused-ring (bicyclic) bond motifs is 4. The lowest BCUT2D eigenvalue weighted by Crippen LogP contribution is -2.38. The minimum absolute atomic E-state index is 0.0112. The van der Waals surface area contributed by atoms with Crippen LogP contribution < -0.4 is 31.6 Å². The summed E-state index contributed by atoms with van der Waals surface area (Å²) in [6.45, 7) is 16.2. The minimum Gasteiger partial charge on any atom is -0.490 e. The average molecular weight is 977 g/mol. The maximum absolute atomic E-state index is 12.3. The molecule has 6 aliphatic rings. The van der Waals surface area contributed by atoms with Gasteiger partial charge in [-0.2, -0.15) is 0 Å². The Kier molecular flexibility index (Phi) is 12.1. The second kappa shape index (κ2) is 18.2. The van der Waals surface area contributed by atoms with Crippen LogP contribution >= 0.6 is 0 Å². The van der Waals surface area contributed by atoms with Gasteiger partial charge in [-0.15, -0.1) is 0 Å². The molecule has 0 spiro atoms. The van der Waals surface area contributed by atoms with Crippen molar-refractivity contribution in [2.24, 2.45) is 23.3 Å². The zero-order valence-corrected chi connectivity index (χ0v) is 41.7. The third-order valence-corrected chi connectivity index (χ3v) is 16.0. The molecule has 4 fully saturated rings. The second-order valence-electron chi connectivity index (χ2n) is 21.5. The van der Waals surface area contributed by atoms with E-state index in [9.17, 15) is 15.0 Å². The largest absolute Gasteiger partial charge is 0.490 e. The van der Waals surface area contributed by atoms with Gasteiger partial charge in [0.1, 0.15) is 53.4 Å². The molecular weight excluding hydrogens is 913 g/mol. The van der Waals surface area contributed by atoms with Crippen molar-refractivity contribution in [3.05, 3.63) is 101 Å². The molecule has 0 amide bonds. The standard InChI is InChI=1S/C28H33N5O3.C27H31N5O4/c1-14-15(2)35-16(3)20-7-8-24(33-26(14)20)32-25-11-21-22(12-30-25)27(36-19-9-18(34)10-19)31-13-23(21)28(4,29)17-5-6-17;1-13-14(2)35-26(34)18-6-7-22(32-24(13)18)31-23-10-19-20(11-29-23)25(36-17-8-16(33)9-17)30-12-21(19)27(3,28)15-4-5-15/h7-8,11-15,17-19,34H,3,5-6,9-10,29H2,1-2,4H3,(H,30,32,33);6-7,10-17,33H,4-5,8-9,28H2,1-3H3,(H,29,31,32)/t14-,15-,18?,19?,28+;13-,14-,16?,17?,27-/m00/s1. The molecule has 17 heteroatoms. The highest BCUT2D eigenvalue weighted by atomic mass is 16.5. The molecule has 72 heavy (non-hydrogen) atoms. The molecule has 376 valence electrons. The molecule has 0 radical (unpaired) electrons. The normalized spacial score (nSPS) is 27.0. The number of rotatable bonds is 12. The van der Waals surface area contributed by atoms with E-state index in [1.165, 1.54) is 0 Å². The number of carbonyl (C=O) groups excluding carboxylic acids is 1. The molecule has 12 rings (SSSR count). The first kappa shape index (κ1) is 47.8. The third-order valence-electron chi connectivity index (χ3n) is 16.0. The molecule has 0 aromatic carbocycles. The second-order valence-corrected chi connectivity index (χ2v) is 21.5. The van der Waals surface area contributed by atoms with Crippen LogP contribution in [0.2, 0.25) is 0 Å². The molecule has 6 aromatic heterocycles. The van der Waals surface area contributed by atoms with E-state index in [1.54, 1.807) is 24.5 Å². The molecule has 6 atom stereocenters. The summed E-state index contributed by atoms with van der Waals surface area (Å²) in [5.41, 5.74) is 17.7. The number of pyridine rings is 6. The van der Waals surface area contributed by atoms with Crippen molar-refractivity contribution in [2.75, 3.05) is 10.6 Å². The number of aliphatic hydroxyl groups excluding tert-OH is 2. The summed E-state index contributed by atoms with van der Waals surface area (Å²) in [7, 11) is 0. The Morgan fingerprint density at radius 3 is 1.49 bits per heavy atom. The van der Waals surface area contributed by atoms with Crippen LogP contribution in [0.4, 0.5) is 23.3 Å². The van der Waals surface area contributed by atoms with E-state index in [2.05, 4.69) is 57.9 Å². The lowest BCUT2D eigenvalue weighted by Gasteiger charge is -2.32. The number of aliphatic hydroxyl groups is 2. The summed E-state index contributed by atoms with van der Waals surface area (Å²) >= 11 is 0. The quantitative estimate of drug-likeness (QED) is 0.0628. The van der Waals surface area contributed by atoms with Gasteiger partial charge in [0.2, 0.25) is 11.8 Å². The average Bonchev–Trinajstić information content (AvgIpc) is 4.26. The highest BCUT2D eigenvalue weighted by Crippen LogP contribution is 2.48. The molecule has 17 nitrogen and oxygen atoms in total. The molecule has 0 unspecified atom stereocenters. The molecule has 8 N–H and O–H groups in total. The van der Waals surface area contributed by atoms with Crippen LogP contribution in [-0.4, -0.2) is 82.7 Å². The van der Waals surface area contributed by atoms with E-state index in [-0.39, 0.29) is 54.4 Å². The number of esters is 1. The highest BCUT2D eigenvalue weighted by Gasteiger charge is 2.43. The van der Waals surface area contributed by atoms with E-state index in [0.29, 0.717) is 83.9 Å². The van der Waals surface area contributed by atoms with E-state index < -0.39 is 11.1 Å².